The molecule has 1 N–H and O–H groups in total. The third-order valence-corrected chi connectivity index (χ3v) is 4.55. The lowest BCUT2D eigenvalue weighted by Gasteiger charge is -2.11. The van der Waals surface area contributed by atoms with Crippen molar-refractivity contribution in [1.82, 2.24) is 25.5 Å². The summed E-state index contributed by atoms with van der Waals surface area (Å²) in [4.78, 5) is 12.0. The van der Waals surface area contributed by atoms with Gasteiger partial charge in [0.1, 0.15) is 0 Å². The maximum atomic E-state index is 12.0. The average molecular weight is 345 g/mol. The summed E-state index contributed by atoms with van der Waals surface area (Å²) in [5, 5.41) is 14.9. The SMILES string of the molecule is C=CCNC(=O)C(C)Sc1nnnn1-c1ccc(CCCC)cc1. The van der Waals surface area contributed by atoms with E-state index in [0.29, 0.717) is 11.7 Å². The lowest BCUT2D eigenvalue weighted by atomic mass is 10.1. The Kier molecular flexibility index (Phi) is 6.99. The summed E-state index contributed by atoms with van der Waals surface area (Å²) in [6.45, 7) is 8.06. The number of aryl methyl sites for hydroxylation is 1. The molecule has 0 aliphatic rings. The number of carbonyl (C=O) groups is 1. The number of nitrogens with zero attached hydrogens (tertiary/aromatic N) is 4. The maximum absolute atomic E-state index is 12.0. The van der Waals surface area contributed by atoms with E-state index in [1.54, 1.807) is 10.8 Å². The van der Waals surface area contributed by atoms with Gasteiger partial charge in [-0.1, -0.05) is 43.3 Å². The van der Waals surface area contributed by atoms with Gasteiger partial charge in [0.05, 0.1) is 10.9 Å². The molecule has 7 heteroatoms. The molecule has 0 radical (unpaired) electrons. The molecule has 2 rings (SSSR count). The molecule has 1 amide bonds. The highest BCUT2D eigenvalue weighted by Crippen LogP contribution is 2.23. The first-order valence-electron chi connectivity index (χ1n) is 8.08. The Balaban J connectivity index is 2.06. The molecule has 1 heterocycles. The van der Waals surface area contributed by atoms with E-state index in [0.717, 1.165) is 12.1 Å². The van der Waals surface area contributed by atoms with E-state index in [4.69, 9.17) is 0 Å². The van der Waals surface area contributed by atoms with Gasteiger partial charge in [0.15, 0.2) is 0 Å². The van der Waals surface area contributed by atoms with Crippen LogP contribution in [-0.2, 0) is 11.2 Å². The van der Waals surface area contributed by atoms with Crippen molar-refractivity contribution in [3.05, 3.63) is 42.5 Å². The molecule has 0 bridgehead atoms. The van der Waals surface area contributed by atoms with Crippen molar-refractivity contribution in [2.24, 2.45) is 0 Å². The molecule has 24 heavy (non-hydrogen) atoms. The van der Waals surface area contributed by atoms with Gasteiger partial charge in [-0.2, -0.15) is 4.68 Å². The lowest BCUT2D eigenvalue weighted by molar-refractivity contribution is -0.120. The van der Waals surface area contributed by atoms with Gasteiger partial charge < -0.3 is 5.32 Å². The molecule has 0 fully saturated rings. The van der Waals surface area contributed by atoms with Crippen molar-refractivity contribution in [3.63, 3.8) is 0 Å². The topological polar surface area (TPSA) is 72.7 Å². The van der Waals surface area contributed by atoms with Crippen molar-refractivity contribution in [3.8, 4) is 5.69 Å². The van der Waals surface area contributed by atoms with Gasteiger partial charge in [-0.15, -0.1) is 11.7 Å². The molecule has 0 saturated heterocycles. The molecule has 1 atom stereocenters. The van der Waals surface area contributed by atoms with Crippen LogP contribution in [0, 0.1) is 0 Å². The molecule has 0 aliphatic heterocycles. The van der Waals surface area contributed by atoms with E-state index in [1.807, 2.05) is 19.1 Å². The Morgan fingerprint density at radius 2 is 2.17 bits per heavy atom. The van der Waals surface area contributed by atoms with Gasteiger partial charge in [-0.3, -0.25) is 4.79 Å². The molecule has 1 aromatic carbocycles. The van der Waals surface area contributed by atoms with E-state index in [9.17, 15) is 4.79 Å². The van der Waals surface area contributed by atoms with Gasteiger partial charge in [0, 0.05) is 6.54 Å². The van der Waals surface area contributed by atoms with Crippen LogP contribution in [0.3, 0.4) is 0 Å². The lowest BCUT2D eigenvalue weighted by Crippen LogP contribution is -2.31. The number of thioether (sulfide) groups is 1. The first kappa shape index (κ1) is 18.2. The Bertz CT molecular complexity index is 668. The number of carbonyl (C=O) groups excluding carboxylic acids is 1. The van der Waals surface area contributed by atoms with Crippen LogP contribution in [0.5, 0.6) is 0 Å². The van der Waals surface area contributed by atoms with Gasteiger partial charge in [-0.05, 0) is 47.9 Å². The van der Waals surface area contributed by atoms with Crippen LogP contribution in [0.1, 0.15) is 32.3 Å². The number of aromatic nitrogens is 4. The summed E-state index contributed by atoms with van der Waals surface area (Å²) in [7, 11) is 0. The molecule has 0 saturated carbocycles. The van der Waals surface area contributed by atoms with Crippen LogP contribution in [0.2, 0.25) is 0 Å². The summed E-state index contributed by atoms with van der Waals surface area (Å²) in [5.74, 6) is -0.0654. The van der Waals surface area contributed by atoms with Crippen LogP contribution >= 0.6 is 11.8 Å². The third kappa shape index (κ3) is 4.92. The van der Waals surface area contributed by atoms with Crippen LogP contribution in [0.4, 0.5) is 0 Å². The van der Waals surface area contributed by atoms with E-state index >= 15 is 0 Å². The number of benzene rings is 1. The zero-order chi connectivity index (χ0) is 17.4. The van der Waals surface area contributed by atoms with Crippen molar-refractivity contribution < 1.29 is 4.79 Å². The summed E-state index contributed by atoms with van der Waals surface area (Å²) in [6, 6.07) is 8.21. The Morgan fingerprint density at radius 1 is 1.42 bits per heavy atom. The smallest absolute Gasteiger partial charge is 0.233 e. The second kappa shape index (κ2) is 9.22. The van der Waals surface area contributed by atoms with Crippen molar-refractivity contribution >= 4 is 17.7 Å². The fourth-order valence-electron chi connectivity index (χ4n) is 2.13. The maximum Gasteiger partial charge on any atom is 0.233 e. The second-order valence-electron chi connectivity index (χ2n) is 5.44. The molecule has 0 aliphatic carbocycles. The summed E-state index contributed by atoms with van der Waals surface area (Å²) in [6.07, 6.45) is 5.10. The Morgan fingerprint density at radius 3 is 2.83 bits per heavy atom. The number of nitrogens with one attached hydrogen (secondary N) is 1. The highest BCUT2D eigenvalue weighted by Gasteiger charge is 2.18. The number of hydrogen-bond donors (Lipinski definition) is 1. The standard InChI is InChI=1S/C17H23N5OS/c1-4-6-7-14-8-10-15(11-9-14)22-17(19-20-21-22)24-13(3)16(23)18-12-5-2/h5,8-11,13H,2,4,6-7,12H2,1,3H3,(H,18,23). The van der Waals surface area contributed by atoms with E-state index in [1.165, 1.54) is 30.2 Å². The monoisotopic (exact) mass is 345 g/mol. The number of tetrazole rings is 1. The molecule has 0 spiro atoms. The minimum absolute atomic E-state index is 0.0654. The van der Waals surface area contributed by atoms with E-state index in [2.05, 4.69) is 46.5 Å². The molecule has 1 unspecified atom stereocenters. The minimum Gasteiger partial charge on any atom is -0.352 e. The van der Waals surface area contributed by atoms with Gasteiger partial charge in [0.2, 0.25) is 11.1 Å². The largest absolute Gasteiger partial charge is 0.352 e. The normalized spacial score (nSPS) is 11.9. The van der Waals surface area contributed by atoms with Crippen molar-refractivity contribution in [1.29, 1.82) is 0 Å². The number of rotatable bonds is 9. The summed E-state index contributed by atoms with van der Waals surface area (Å²) in [5.41, 5.74) is 2.20. The van der Waals surface area contributed by atoms with Gasteiger partial charge in [0.25, 0.3) is 0 Å². The zero-order valence-electron chi connectivity index (χ0n) is 14.1. The third-order valence-electron chi connectivity index (χ3n) is 3.51. The number of unbranched alkanes of at least 4 members (excludes halogenated alkanes) is 1. The summed E-state index contributed by atoms with van der Waals surface area (Å²) >= 11 is 1.33. The Hall–Kier alpha value is -2.15. The first-order chi connectivity index (χ1) is 11.7. The second-order valence-corrected chi connectivity index (χ2v) is 6.75. The zero-order valence-corrected chi connectivity index (χ0v) is 14.9. The minimum atomic E-state index is -0.293. The number of hydrogen-bond acceptors (Lipinski definition) is 5. The molecule has 6 nitrogen and oxygen atoms in total. The van der Waals surface area contributed by atoms with Crippen molar-refractivity contribution in [2.45, 2.75) is 43.5 Å². The highest BCUT2D eigenvalue weighted by molar-refractivity contribution is 8.00. The van der Waals surface area contributed by atoms with Crippen molar-refractivity contribution in [2.75, 3.05) is 6.54 Å². The quantitative estimate of drug-likeness (QED) is 0.559. The van der Waals surface area contributed by atoms with Crippen LogP contribution in [0.25, 0.3) is 5.69 Å². The predicted octanol–water partition coefficient (Wildman–Crippen LogP) is 2.79. The predicted molar refractivity (Wildman–Crippen MR) is 96.3 cm³/mol. The van der Waals surface area contributed by atoms with E-state index in [-0.39, 0.29) is 11.2 Å². The molecular formula is C17H23N5OS. The fourth-order valence-corrected chi connectivity index (χ4v) is 2.96. The van der Waals surface area contributed by atoms with Crippen LogP contribution in [-0.4, -0.2) is 37.9 Å². The van der Waals surface area contributed by atoms with Crippen LogP contribution in [0.15, 0.2) is 42.1 Å². The molecular weight excluding hydrogens is 322 g/mol. The molecule has 1 aromatic heterocycles. The van der Waals surface area contributed by atoms with Gasteiger partial charge in [-0.25, -0.2) is 0 Å². The van der Waals surface area contributed by atoms with Crippen LogP contribution < -0.4 is 5.32 Å². The fraction of sp³-hybridized carbons (Fsp3) is 0.412. The highest BCUT2D eigenvalue weighted by atomic mass is 32.2. The van der Waals surface area contributed by atoms with Gasteiger partial charge >= 0.3 is 0 Å². The number of amides is 1. The average Bonchev–Trinajstić information content (AvgIpc) is 3.06. The van der Waals surface area contributed by atoms with E-state index < -0.39 is 0 Å². The summed E-state index contributed by atoms with van der Waals surface area (Å²) < 4.78 is 1.66. The molecule has 128 valence electrons. The Labute approximate surface area is 146 Å². The first-order valence-corrected chi connectivity index (χ1v) is 8.96. The molecule has 2 aromatic rings.